The second-order valence-electron chi connectivity index (χ2n) is 3.98. The van der Waals surface area contributed by atoms with Gasteiger partial charge in [-0.15, -0.1) is 0 Å². The minimum Gasteiger partial charge on any atom is -0.480 e. The first-order valence-corrected chi connectivity index (χ1v) is 6.15. The number of rotatable bonds is 6. The zero-order valence-corrected chi connectivity index (χ0v) is 10.9. The molecule has 0 heterocycles. The number of carboxylic acid groups (broad SMARTS) is 1. The maximum Gasteiger partial charge on any atom is 0.326 e. The molecule has 0 spiro atoms. The predicted octanol–water partition coefficient (Wildman–Crippen LogP) is 3.27. The number of anilines is 1. The Morgan fingerprint density at radius 2 is 2.33 bits per heavy atom. The lowest BCUT2D eigenvalue weighted by atomic mass is 10.1. The summed E-state index contributed by atoms with van der Waals surface area (Å²) in [5.41, 5.74) is 0.857. The van der Waals surface area contributed by atoms with Gasteiger partial charge in [0.15, 0.2) is 0 Å². The lowest BCUT2D eigenvalue weighted by Crippen LogP contribution is -2.29. The van der Waals surface area contributed by atoms with Crippen LogP contribution >= 0.6 is 11.6 Å². The van der Waals surface area contributed by atoms with Crippen molar-refractivity contribution < 1.29 is 9.90 Å². The van der Waals surface area contributed by atoms with Crippen LogP contribution in [0, 0.1) is 11.3 Å². The SMILES string of the molecule is CCCCC(Nc1cc(Cl)ccc1C#N)C(=O)O. The van der Waals surface area contributed by atoms with Crippen LogP contribution < -0.4 is 5.32 Å². The number of nitrogens with one attached hydrogen (secondary N) is 1. The maximum absolute atomic E-state index is 11.1. The molecule has 1 aromatic rings. The Morgan fingerprint density at radius 3 is 2.89 bits per heavy atom. The molecule has 0 radical (unpaired) electrons. The number of hydrogen-bond donors (Lipinski definition) is 2. The van der Waals surface area contributed by atoms with Gasteiger partial charge < -0.3 is 10.4 Å². The number of unbranched alkanes of at least 4 members (excludes halogenated alkanes) is 1. The van der Waals surface area contributed by atoms with E-state index in [-0.39, 0.29) is 0 Å². The Balaban J connectivity index is 2.89. The van der Waals surface area contributed by atoms with Gasteiger partial charge in [-0.25, -0.2) is 4.79 Å². The molecule has 96 valence electrons. The molecule has 2 N–H and O–H groups in total. The topological polar surface area (TPSA) is 73.1 Å². The summed E-state index contributed by atoms with van der Waals surface area (Å²) in [4.78, 5) is 11.1. The fraction of sp³-hybridized carbons (Fsp3) is 0.385. The zero-order chi connectivity index (χ0) is 13.5. The number of benzene rings is 1. The summed E-state index contributed by atoms with van der Waals surface area (Å²) < 4.78 is 0. The van der Waals surface area contributed by atoms with Crippen LogP contribution in [0.25, 0.3) is 0 Å². The third-order valence-electron chi connectivity index (χ3n) is 2.58. The molecule has 0 aliphatic rings. The number of hydrogen-bond acceptors (Lipinski definition) is 3. The lowest BCUT2D eigenvalue weighted by molar-refractivity contribution is -0.138. The number of carboxylic acids is 1. The molecular weight excluding hydrogens is 252 g/mol. The van der Waals surface area contributed by atoms with Crippen molar-refractivity contribution in [1.82, 2.24) is 0 Å². The van der Waals surface area contributed by atoms with Crippen LogP contribution in [0.15, 0.2) is 18.2 Å². The van der Waals surface area contributed by atoms with Crippen LogP contribution in [0.5, 0.6) is 0 Å². The molecule has 1 atom stereocenters. The molecule has 1 rings (SSSR count). The minimum absolute atomic E-state index is 0.391. The van der Waals surface area contributed by atoms with Gasteiger partial charge in [-0.3, -0.25) is 0 Å². The normalized spacial score (nSPS) is 11.6. The van der Waals surface area contributed by atoms with Crippen LogP contribution in [0.4, 0.5) is 5.69 Å². The molecule has 5 heteroatoms. The summed E-state index contributed by atoms with van der Waals surface area (Å²) in [6.45, 7) is 2.00. The summed E-state index contributed by atoms with van der Waals surface area (Å²) in [5.74, 6) is -0.924. The largest absolute Gasteiger partial charge is 0.480 e. The molecule has 0 aliphatic heterocycles. The highest BCUT2D eigenvalue weighted by molar-refractivity contribution is 6.30. The molecule has 18 heavy (non-hydrogen) atoms. The van der Waals surface area contributed by atoms with Crippen LogP contribution in [0.3, 0.4) is 0 Å². The van der Waals surface area contributed by atoms with E-state index in [1.54, 1.807) is 18.2 Å². The number of carbonyl (C=O) groups is 1. The second kappa shape index (κ2) is 6.87. The highest BCUT2D eigenvalue weighted by Gasteiger charge is 2.17. The smallest absolute Gasteiger partial charge is 0.326 e. The van der Waals surface area contributed by atoms with E-state index >= 15 is 0 Å². The third-order valence-corrected chi connectivity index (χ3v) is 2.81. The predicted molar refractivity (Wildman–Crippen MR) is 70.7 cm³/mol. The van der Waals surface area contributed by atoms with E-state index < -0.39 is 12.0 Å². The van der Waals surface area contributed by atoms with Crippen molar-refractivity contribution in [3.05, 3.63) is 28.8 Å². The summed E-state index contributed by atoms with van der Waals surface area (Å²) in [6, 6.07) is 6.06. The maximum atomic E-state index is 11.1. The first kappa shape index (κ1) is 14.3. The number of nitriles is 1. The quantitative estimate of drug-likeness (QED) is 0.829. The summed E-state index contributed by atoms with van der Waals surface area (Å²) >= 11 is 5.84. The van der Waals surface area contributed by atoms with Crippen molar-refractivity contribution in [2.75, 3.05) is 5.32 Å². The molecule has 0 aromatic heterocycles. The Labute approximate surface area is 111 Å². The van der Waals surface area contributed by atoms with Gasteiger partial charge in [0, 0.05) is 5.02 Å². The number of halogens is 1. The molecular formula is C13H15ClN2O2. The van der Waals surface area contributed by atoms with E-state index in [9.17, 15) is 4.79 Å². The molecule has 1 aromatic carbocycles. The molecule has 0 fully saturated rings. The second-order valence-corrected chi connectivity index (χ2v) is 4.42. The molecule has 1 unspecified atom stereocenters. The monoisotopic (exact) mass is 266 g/mol. The van der Waals surface area contributed by atoms with Gasteiger partial charge in [-0.2, -0.15) is 5.26 Å². The van der Waals surface area contributed by atoms with Gasteiger partial charge in [0.25, 0.3) is 0 Å². The van der Waals surface area contributed by atoms with Gasteiger partial charge >= 0.3 is 5.97 Å². The van der Waals surface area contributed by atoms with Gasteiger partial charge in [-0.05, 0) is 24.6 Å². The Morgan fingerprint density at radius 1 is 1.61 bits per heavy atom. The van der Waals surface area contributed by atoms with E-state index in [4.69, 9.17) is 22.0 Å². The zero-order valence-electron chi connectivity index (χ0n) is 10.1. The Kier molecular flexibility index (Phi) is 5.47. The standard InChI is InChI=1S/C13H15ClN2O2/c1-2-3-4-11(13(17)18)16-12-7-10(14)6-5-9(12)8-15/h5-7,11,16H,2-4H2,1H3,(H,17,18). The average Bonchev–Trinajstić information content (AvgIpc) is 2.34. The van der Waals surface area contributed by atoms with E-state index in [2.05, 4.69) is 5.32 Å². The van der Waals surface area contributed by atoms with Gasteiger partial charge in [0.2, 0.25) is 0 Å². The highest BCUT2D eigenvalue weighted by atomic mass is 35.5. The van der Waals surface area contributed by atoms with E-state index in [1.165, 1.54) is 0 Å². The third kappa shape index (κ3) is 3.94. The fourth-order valence-corrected chi connectivity index (χ4v) is 1.76. The Bertz CT molecular complexity index is 469. The minimum atomic E-state index is -0.924. The fourth-order valence-electron chi connectivity index (χ4n) is 1.59. The van der Waals surface area contributed by atoms with Crippen LogP contribution in [0.1, 0.15) is 31.7 Å². The lowest BCUT2D eigenvalue weighted by Gasteiger charge is -2.16. The number of nitrogens with zero attached hydrogens (tertiary/aromatic N) is 1. The molecule has 0 saturated carbocycles. The van der Waals surface area contributed by atoms with Crippen LogP contribution in [-0.2, 0) is 4.79 Å². The molecule has 4 nitrogen and oxygen atoms in total. The van der Waals surface area contributed by atoms with Crippen LogP contribution in [-0.4, -0.2) is 17.1 Å². The van der Waals surface area contributed by atoms with Crippen molar-refractivity contribution in [2.24, 2.45) is 0 Å². The van der Waals surface area contributed by atoms with Gasteiger partial charge in [0.05, 0.1) is 11.3 Å². The summed E-state index contributed by atoms with van der Waals surface area (Å²) in [6.07, 6.45) is 2.25. The molecule has 0 bridgehead atoms. The number of aliphatic carboxylic acids is 1. The summed E-state index contributed by atoms with van der Waals surface area (Å²) in [5, 5.41) is 21.4. The van der Waals surface area contributed by atoms with Crippen LogP contribution in [0.2, 0.25) is 5.02 Å². The molecule has 0 amide bonds. The van der Waals surface area contributed by atoms with E-state index in [0.717, 1.165) is 12.8 Å². The Hall–Kier alpha value is -1.73. The first-order chi connectivity index (χ1) is 8.58. The van der Waals surface area contributed by atoms with Crippen molar-refractivity contribution in [3.8, 4) is 6.07 Å². The van der Waals surface area contributed by atoms with Gasteiger partial charge in [-0.1, -0.05) is 31.4 Å². The van der Waals surface area contributed by atoms with Crippen molar-refractivity contribution >= 4 is 23.3 Å². The van der Waals surface area contributed by atoms with Crippen molar-refractivity contribution in [2.45, 2.75) is 32.2 Å². The van der Waals surface area contributed by atoms with E-state index in [1.807, 2.05) is 13.0 Å². The average molecular weight is 267 g/mol. The first-order valence-electron chi connectivity index (χ1n) is 5.77. The van der Waals surface area contributed by atoms with Gasteiger partial charge in [0.1, 0.15) is 12.1 Å². The molecule has 0 aliphatic carbocycles. The highest BCUT2D eigenvalue weighted by Crippen LogP contribution is 2.22. The van der Waals surface area contributed by atoms with Crippen molar-refractivity contribution in [1.29, 1.82) is 5.26 Å². The molecule has 0 saturated heterocycles. The van der Waals surface area contributed by atoms with E-state index in [0.29, 0.717) is 22.7 Å². The summed E-state index contributed by atoms with van der Waals surface area (Å²) in [7, 11) is 0. The van der Waals surface area contributed by atoms with Crippen molar-refractivity contribution in [3.63, 3.8) is 0 Å².